The fourth-order valence-corrected chi connectivity index (χ4v) is 1.50. The first-order valence-electron chi connectivity index (χ1n) is 6.37. The maximum Gasteiger partial charge on any atom is 0.717 e. The third-order valence-corrected chi connectivity index (χ3v) is 2.38. The van der Waals surface area contributed by atoms with E-state index in [1.165, 1.54) is 0 Å². The summed E-state index contributed by atoms with van der Waals surface area (Å²) in [6.07, 6.45) is -2.95. The summed E-state index contributed by atoms with van der Waals surface area (Å²) in [5.41, 5.74) is 0. The van der Waals surface area contributed by atoms with Crippen molar-refractivity contribution in [2.45, 2.75) is 26.1 Å². The minimum absolute atomic E-state index is 0.0425. The van der Waals surface area contributed by atoms with Gasteiger partial charge in [-0.1, -0.05) is 0 Å². The summed E-state index contributed by atoms with van der Waals surface area (Å²) in [5, 5.41) is 0. The second kappa shape index (κ2) is 8.34. The fraction of sp³-hybridized carbons (Fsp3) is 0.636. The second-order valence-corrected chi connectivity index (χ2v) is 3.80. The Balaban J connectivity index is 2.77. The number of hydrogen-bond acceptors (Lipinski definition) is 10. The number of methoxy groups -OCH3 is 1. The van der Waals surface area contributed by atoms with Crippen LogP contribution < -0.4 is 0 Å². The van der Waals surface area contributed by atoms with E-state index in [9.17, 15) is 19.2 Å². The molecule has 0 spiro atoms. The van der Waals surface area contributed by atoms with Crippen LogP contribution in [0.3, 0.4) is 0 Å². The van der Waals surface area contributed by atoms with Gasteiger partial charge in [0, 0.05) is 0 Å². The molecule has 1 saturated heterocycles. The Morgan fingerprint density at radius 1 is 0.909 bits per heavy atom. The van der Waals surface area contributed by atoms with Crippen LogP contribution in [0, 0.1) is 0 Å². The molecule has 2 atom stereocenters. The summed E-state index contributed by atoms with van der Waals surface area (Å²) in [6, 6.07) is 0. The molecule has 1 heterocycles. The Morgan fingerprint density at radius 3 is 1.73 bits per heavy atom. The Labute approximate surface area is 126 Å². The number of ether oxygens (including phenoxy) is 3. The first kappa shape index (κ1) is 17.9. The predicted octanol–water partition coefficient (Wildman–Crippen LogP) is -1.40. The van der Waals surface area contributed by atoms with Gasteiger partial charge < -0.3 is 28.2 Å². The zero-order chi connectivity index (χ0) is 16.7. The standard InChI is InChI=1S/C11H15BO10/c1-4-18-8(13)6-7(9(14)19-5-2)21-12(20-6)22-11(16)10(15)17-3/h6-7H,4-5H2,1-3H3. The predicted molar refractivity (Wildman–Crippen MR) is 66.9 cm³/mol. The van der Waals surface area contributed by atoms with E-state index < -0.39 is 43.4 Å². The molecular formula is C11H15BO10. The minimum Gasteiger partial charge on any atom is -0.476 e. The molecule has 0 aromatic heterocycles. The summed E-state index contributed by atoms with van der Waals surface area (Å²) in [4.78, 5) is 45.6. The van der Waals surface area contributed by atoms with Gasteiger partial charge in [0.25, 0.3) is 0 Å². The van der Waals surface area contributed by atoms with Crippen molar-refractivity contribution in [2.24, 2.45) is 0 Å². The maximum atomic E-state index is 11.7. The number of hydrogen-bond donors (Lipinski definition) is 0. The van der Waals surface area contributed by atoms with Crippen LogP contribution in [-0.4, -0.2) is 63.7 Å². The zero-order valence-electron chi connectivity index (χ0n) is 12.2. The molecule has 1 aliphatic rings. The highest BCUT2D eigenvalue weighted by Crippen LogP contribution is 2.20. The van der Waals surface area contributed by atoms with Gasteiger partial charge in [0.15, 0.2) is 12.2 Å². The van der Waals surface area contributed by atoms with Gasteiger partial charge >= 0.3 is 31.2 Å². The van der Waals surface area contributed by atoms with Gasteiger partial charge in [0.05, 0.1) is 20.3 Å². The van der Waals surface area contributed by atoms with Gasteiger partial charge in [-0.3, -0.25) is 0 Å². The Morgan fingerprint density at radius 2 is 1.36 bits per heavy atom. The molecule has 0 aromatic rings. The maximum absolute atomic E-state index is 11.7. The molecule has 10 nitrogen and oxygen atoms in total. The van der Waals surface area contributed by atoms with Crippen molar-refractivity contribution in [3.05, 3.63) is 0 Å². The smallest absolute Gasteiger partial charge is 0.476 e. The normalized spacial score (nSPS) is 20.2. The first-order chi connectivity index (χ1) is 10.4. The number of carbonyl (C=O) groups is 4. The molecule has 0 aromatic carbocycles. The summed E-state index contributed by atoms with van der Waals surface area (Å²) < 4.78 is 28.0. The molecule has 0 N–H and O–H groups in total. The average Bonchev–Trinajstić information content (AvgIpc) is 2.90. The van der Waals surface area contributed by atoms with Crippen LogP contribution in [0.25, 0.3) is 0 Å². The summed E-state index contributed by atoms with van der Waals surface area (Å²) in [6.45, 7) is 3.20. The van der Waals surface area contributed by atoms with Crippen LogP contribution in [-0.2, 0) is 47.4 Å². The van der Waals surface area contributed by atoms with Crippen molar-refractivity contribution in [3.63, 3.8) is 0 Å². The summed E-state index contributed by atoms with van der Waals surface area (Å²) in [7, 11) is -0.765. The number of rotatable bonds is 5. The van der Waals surface area contributed by atoms with E-state index in [1.807, 2.05) is 0 Å². The van der Waals surface area contributed by atoms with E-state index in [2.05, 4.69) is 9.39 Å². The van der Waals surface area contributed by atoms with E-state index in [0.29, 0.717) is 0 Å². The molecular weight excluding hydrogens is 303 g/mol. The lowest BCUT2D eigenvalue weighted by molar-refractivity contribution is -0.163. The third kappa shape index (κ3) is 4.43. The lowest BCUT2D eigenvalue weighted by atomic mass is 10.2. The van der Waals surface area contributed by atoms with Crippen molar-refractivity contribution in [1.29, 1.82) is 0 Å². The van der Waals surface area contributed by atoms with Crippen molar-refractivity contribution in [3.8, 4) is 0 Å². The second-order valence-electron chi connectivity index (χ2n) is 3.80. The summed E-state index contributed by atoms with van der Waals surface area (Å²) >= 11 is 0. The van der Waals surface area contributed by atoms with Crippen molar-refractivity contribution < 1.29 is 47.4 Å². The van der Waals surface area contributed by atoms with E-state index in [-0.39, 0.29) is 13.2 Å². The van der Waals surface area contributed by atoms with Crippen LogP contribution in [0.1, 0.15) is 13.8 Å². The molecule has 122 valence electrons. The Kier molecular flexibility index (Phi) is 6.79. The van der Waals surface area contributed by atoms with Crippen molar-refractivity contribution in [1.82, 2.24) is 0 Å². The van der Waals surface area contributed by atoms with E-state index >= 15 is 0 Å². The highest BCUT2D eigenvalue weighted by molar-refractivity contribution is 6.46. The Bertz CT molecular complexity index is 424. The molecule has 0 saturated carbocycles. The van der Waals surface area contributed by atoms with Gasteiger partial charge in [-0.25, -0.2) is 19.2 Å². The highest BCUT2D eigenvalue weighted by atomic mass is 16.8. The quantitative estimate of drug-likeness (QED) is 0.258. The van der Waals surface area contributed by atoms with Crippen LogP contribution in [0.15, 0.2) is 0 Å². The topological polar surface area (TPSA) is 124 Å². The minimum atomic E-state index is -1.74. The number of carbonyl (C=O) groups excluding carboxylic acids is 4. The molecule has 11 heteroatoms. The van der Waals surface area contributed by atoms with Gasteiger partial charge in [-0.2, -0.15) is 0 Å². The SMILES string of the molecule is CCOC(=O)C1OB(OC(=O)C(=O)OC)OC1C(=O)OCC. The van der Waals surface area contributed by atoms with Crippen LogP contribution >= 0.6 is 0 Å². The van der Waals surface area contributed by atoms with Gasteiger partial charge in [0.2, 0.25) is 0 Å². The molecule has 1 rings (SSSR count). The van der Waals surface area contributed by atoms with E-state index in [0.717, 1.165) is 7.11 Å². The van der Waals surface area contributed by atoms with Crippen molar-refractivity contribution in [2.75, 3.05) is 20.3 Å². The molecule has 2 unspecified atom stereocenters. The van der Waals surface area contributed by atoms with Crippen LogP contribution in [0.4, 0.5) is 0 Å². The first-order valence-corrected chi connectivity index (χ1v) is 6.37. The number of esters is 3. The van der Waals surface area contributed by atoms with Crippen LogP contribution in [0.2, 0.25) is 0 Å². The molecule has 1 aliphatic heterocycles. The highest BCUT2D eigenvalue weighted by Gasteiger charge is 2.53. The largest absolute Gasteiger partial charge is 0.717 e. The zero-order valence-corrected chi connectivity index (χ0v) is 12.2. The van der Waals surface area contributed by atoms with Crippen molar-refractivity contribution >= 4 is 31.2 Å². The molecule has 0 bridgehead atoms. The fourth-order valence-electron chi connectivity index (χ4n) is 1.50. The van der Waals surface area contributed by atoms with Gasteiger partial charge in [-0.15, -0.1) is 0 Å². The lowest BCUT2D eigenvalue weighted by Crippen LogP contribution is -2.39. The molecule has 22 heavy (non-hydrogen) atoms. The Hall–Kier alpha value is -2.14. The molecule has 1 fully saturated rings. The molecule has 0 radical (unpaired) electrons. The third-order valence-electron chi connectivity index (χ3n) is 2.38. The van der Waals surface area contributed by atoms with Gasteiger partial charge in [0.1, 0.15) is 0 Å². The molecule has 0 amide bonds. The molecule has 0 aliphatic carbocycles. The van der Waals surface area contributed by atoms with Crippen LogP contribution in [0.5, 0.6) is 0 Å². The lowest BCUT2D eigenvalue weighted by Gasteiger charge is -2.14. The van der Waals surface area contributed by atoms with E-state index in [4.69, 9.17) is 18.8 Å². The monoisotopic (exact) mass is 318 g/mol. The van der Waals surface area contributed by atoms with E-state index in [1.54, 1.807) is 13.8 Å². The van der Waals surface area contributed by atoms with Gasteiger partial charge in [-0.05, 0) is 13.8 Å². The summed E-state index contributed by atoms with van der Waals surface area (Å²) in [5.74, 6) is -4.48. The average molecular weight is 318 g/mol.